The number of nitrogens with zero attached hydrogens (tertiary/aromatic N) is 2. The fourth-order valence-corrected chi connectivity index (χ4v) is 4.88. The van der Waals surface area contributed by atoms with Gasteiger partial charge in [0.25, 0.3) is 0 Å². The summed E-state index contributed by atoms with van der Waals surface area (Å²) in [5.41, 5.74) is 1.67. The number of allylic oxidation sites excluding steroid dienone is 1. The zero-order chi connectivity index (χ0) is 18.2. The van der Waals surface area contributed by atoms with E-state index in [0.717, 1.165) is 0 Å². The van der Waals surface area contributed by atoms with Crippen LogP contribution in [0.3, 0.4) is 0 Å². The average Bonchev–Trinajstić information content (AvgIpc) is 3.05. The maximum absolute atomic E-state index is 12.2. The summed E-state index contributed by atoms with van der Waals surface area (Å²) in [6.45, 7) is 1.76. The fraction of sp³-hybridized carbons (Fsp3) is 0.294. The van der Waals surface area contributed by atoms with Gasteiger partial charge in [0, 0.05) is 11.1 Å². The Morgan fingerprint density at radius 1 is 1.36 bits per heavy atom. The van der Waals surface area contributed by atoms with Crippen LogP contribution >= 0.6 is 11.6 Å². The zero-order valence-corrected chi connectivity index (χ0v) is 15.1. The van der Waals surface area contributed by atoms with E-state index in [-0.39, 0.29) is 29.1 Å². The third-order valence-electron chi connectivity index (χ3n) is 4.18. The largest absolute Gasteiger partial charge is 0.508 e. The summed E-state index contributed by atoms with van der Waals surface area (Å²) in [5, 5.41) is 13.9. The van der Waals surface area contributed by atoms with E-state index in [4.69, 9.17) is 11.6 Å². The number of hydrogen-bond acceptors (Lipinski definition) is 5. The Labute approximate surface area is 150 Å². The van der Waals surface area contributed by atoms with Crippen molar-refractivity contribution >= 4 is 33.3 Å². The van der Waals surface area contributed by atoms with E-state index in [0.29, 0.717) is 28.4 Å². The van der Waals surface area contributed by atoms with Crippen molar-refractivity contribution in [3.63, 3.8) is 0 Å². The molecule has 1 aromatic carbocycles. The molecule has 8 heteroatoms. The summed E-state index contributed by atoms with van der Waals surface area (Å²) in [6.07, 6.45) is 3.45. The molecule has 132 valence electrons. The number of phenols is 1. The van der Waals surface area contributed by atoms with Crippen molar-refractivity contribution in [3.05, 3.63) is 52.3 Å². The first-order chi connectivity index (χ1) is 11.8. The van der Waals surface area contributed by atoms with Crippen LogP contribution < -0.4 is 0 Å². The molecule has 1 fully saturated rings. The van der Waals surface area contributed by atoms with Crippen molar-refractivity contribution in [1.82, 2.24) is 9.78 Å². The SMILES string of the molecule is Cc1nn([C@H]2CCS(=O)(=O)C2)c(Cl)c1/C=C/C(=O)c1ccc(O)cc1. The minimum absolute atomic E-state index is 0.0312. The second kappa shape index (κ2) is 6.65. The molecule has 6 nitrogen and oxygen atoms in total. The number of benzene rings is 1. The third-order valence-corrected chi connectivity index (χ3v) is 6.31. The molecule has 25 heavy (non-hydrogen) atoms. The van der Waals surface area contributed by atoms with Crippen LogP contribution in [0.5, 0.6) is 5.75 Å². The summed E-state index contributed by atoms with van der Waals surface area (Å²) >= 11 is 6.36. The Hall–Kier alpha value is -2.12. The number of ketones is 1. The van der Waals surface area contributed by atoms with Crippen molar-refractivity contribution in [3.8, 4) is 5.75 Å². The first-order valence-corrected chi connectivity index (χ1v) is 9.93. The Morgan fingerprint density at radius 2 is 2.04 bits per heavy atom. The van der Waals surface area contributed by atoms with Crippen molar-refractivity contribution in [1.29, 1.82) is 0 Å². The lowest BCUT2D eigenvalue weighted by atomic mass is 10.1. The highest BCUT2D eigenvalue weighted by molar-refractivity contribution is 7.91. The lowest BCUT2D eigenvalue weighted by Gasteiger charge is -2.09. The Balaban J connectivity index is 1.83. The molecule has 0 saturated carbocycles. The van der Waals surface area contributed by atoms with Crippen molar-refractivity contribution in [2.24, 2.45) is 0 Å². The van der Waals surface area contributed by atoms with Gasteiger partial charge in [0.2, 0.25) is 0 Å². The number of carbonyl (C=O) groups excluding carboxylic acids is 1. The minimum atomic E-state index is -3.04. The number of aromatic hydroxyl groups is 1. The van der Waals surface area contributed by atoms with Gasteiger partial charge < -0.3 is 5.11 Å². The molecule has 0 bridgehead atoms. The summed E-state index contributed by atoms with van der Waals surface area (Å²) in [4.78, 5) is 12.2. The highest BCUT2D eigenvalue weighted by Gasteiger charge is 2.31. The topological polar surface area (TPSA) is 89.3 Å². The van der Waals surface area contributed by atoms with Crippen LogP contribution in [0.1, 0.15) is 34.1 Å². The number of hydrogen-bond donors (Lipinski definition) is 1. The minimum Gasteiger partial charge on any atom is -0.508 e. The van der Waals surface area contributed by atoms with Crippen LogP contribution in [0.4, 0.5) is 0 Å². The van der Waals surface area contributed by atoms with Gasteiger partial charge in [0.05, 0.1) is 23.2 Å². The predicted molar refractivity (Wildman–Crippen MR) is 95.8 cm³/mol. The molecule has 2 aromatic rings. The maximum Gasteiger partial charge on any atom is 0.185 e. The van der Waals surface area contributed by atoms with Gasteiger partial charge in [-0.05, 0) is 49.8 Å². The van der Waals surface area contributed by atoms with Crippen LogP contribution in [0, 0.1) is 6.92 Å². The highest BCUT2D eigenvalue weighted by Crippen LogP contribution is 2.30. The zero-order valence-electron chi connectivity index (χ0n) is 13.5. The molecule has 2 heterocycles. The standard InChI is InChI=1S/C17H17ClN2O4S/c1-11-15(6-7-16(22)12-2-4-14(21)5-3-12)17(18)20(19-11)13-8-9-25(23,24)10-13/h2-7,13,21H,8-10H2,1H3/b7-6+/t13-/m0/s1. The first-order valence-electron chi connectivity index (χ1n) is 7.73. The number of sulfone groups is 1. The summed E-state index contributed by atoms with van der Waals surface area (Å²) < 4.78 is 24.8. The van der Waals surface area contributed by atoms with E-state index in [1.54, 1.807) is 13.0 Å². The highest BCUT2D eigenvalue weighted by atomic mass is 35.5. The Morgan fingerprint density at radius 3 is 2.64 bits per heavy atom. The summed E-state index contributed by atoms with van der Waals surface area (Å²) in [7, 11) is -3.04. The molecule has 1 aliphatic heterocycles. The molecule has 0 aliphatic carbocycles. The molecular weight excluding hydrogens is 364 g/mol. The van der Waals surface area contributed by atoms with E-state index >= 15 is 0 Å². The van der Waals surface area contributed by atoms with E-state index in [2.05, 4.69) is 5.10 Å². The van der Waals surface area contributed by atoms with Crippen LogP contribution in [-0.4, -0.2) is 40.6 Å². The molecule has 0 amide bonds. The number of aromatic nitrogens is 2. The lowest BCUT2D eigenvalue weighted by Crippen LogP contribution is -2.12. The second-order valence-electron chi connectivity index (χ2n) is 6.04. The van der Waals surface area contributed by atoms with Gasteiger partial charge in [0.1, 0.15) is 10.9 Å². The molecule has 0 spiro atoms. The van der Waals surface area contributed by atoms with Crippen LogP contribution in [0.2, 0.25) is 5.15 Å². The summed E-state index contributed by atoms with van der Waals surface area (Å²) in [6, 6.07) is 5.67. The molecule has 1 saturated heterocycles. The van der Waals surface area contributed by atoms with E-state index in [1.165, 1.54) is 35.0 Å². The van der Waals surface area contributed by atoms with Gasteiger partial charge in [-0.3, -0.25) is 4.79 Å². The quantitative estimate of drug-likeness (QED) is 0.650. The van der Waals surface area contributed by atoms with Crippen molar-refractivity contribution in [2.75, 3.05) is 11.5 Å². The van der Waals surface area contributed by atoms with Gasteiger partial charge in [-0.15, -0.1) is 0 Å². The third kappa shape index (κ3) is 3.77. The smallest absolute Gasteiger partial charge is 0.185 e. The van der Waals surface area contributed by atoms with E-state index in [1.807, 2.05) is 0 Å². The fourth-order valence-electron chi connectivity index (χ4n) is 2.81. The normalized spacial score (nSPS) is 19.5. The molecule has 1 N–H and O–H groups in total. The number of aryl methyl sites for hydroxylation is 1. The first kappa shape index (κ1) is 17.7. The molecule has 0 radical (unpaired) electrons. The Bertz CT molecular complexity index is 946. The predicted octanol–water partition coefficient (Wildman–Crippen LogP) is 2.81. The Kier molecular flexibility index (Phi) is 4.71. The van der Waals surface area contributed by atoms with Crippen molar-refractivity contribution < 1.29 is 18.3 Å². The van der Waals surface area contributed by atoms with Gasteiger partial charge in [-0.2, -0.15) is 5.10 Å². The second-order valence-corrected chi connectivity index (χ2v) is 8.62. The van der Waals surface area contributed by atoms with E-state index < -0.39 is 9.84 Å². The van der Waals surface area contributed by atoms with Gasteiger partial charge in [-0.25, -0.2) is 13.1 Å². The molecule has 1 aromatic heterocycles. The van der Waals surface area contributed by atoms with Crippen LogP contribution in [-0.2, 0) is 9.84 Å². The molecule has 1 atom stereocenters. The maximum atomic E-state index is 12.2. The van der Waals surface area contributed by atoms with Crippen molar-refractivity contribution in [2.45, 2.75) is 19.4 Å². The average molecular weight is 381 g/mol. The van der Waals surface area contributed by atoms with Crippen LogP contribution in [0.15, 0.2) is 30.3 Å². The monoisotopic (exact) mass is 380 g/mol. The molecule has 1 aliphatic rings. The molecular formula is C17H17ClN2O4S. The van der Waals surface area contributed by atoms with Crippen LogP contribution in [0.25, 0.3) is 6.08 Å². The van der Waals surface area contributed by atoms with Gasteiger partial charge in [0.15, 0.2) is 15.6 Å². The van der Waals surface area contributed by atoms with E-state index in [9.17, 15) is 18.3 Å². The number of carbonyl (C=O) groups is 1. The molecule has 3 rings (SSSR count). The number of phenolic OH excluding ortho intramolecular Hbond substituents is 1. The van der Waals surface area contributed by atoms with Gasteiger partial charge >= 0.3 is 0 Å². The summed E-state index contributed by atoms with van der Waals surface area (Å²) in [5.74, 6) is 0.0276. The lowest BCUT2D eigenvalue weighted by molar-refractivity contribution is 0.104. The van der Waals surface area contributed by atoms with Gasteiger partial charge in [-0.1, -0.05) is 11.6 Å². The molecule has 0 unspecified atom stereocenters. The number of halogens is 1. The number of rotatable bonds is 4.